The number of hydrogen-bond acceptors (Lipinski definition) is 4. The molecule has 8 heteroatoms. The average molecular weight is 459 g/mol. The van der Waals surface area contributed by atoms with Crippen LogP contribution in [-0.4, -0.2) is 36.9 Å². The van der Waals surface area contributed by atoms with Crippen LogP contribution in [0.15, 0.2) is 65.8 Å². The lowest BCUT2D eigenvalue weighted by Gasteiger charge is -2.17. The van der Waals surface area contributed by atoms with Gasteiger partial charge in [0.15, 0.2) is 0 Å². The number of aromatic nitrogens is 2. The Labute approximate surface area is 191 Å². The Morgan fingerprint density at radius 1 is 0.939 bits per heavy atom. The minimum atomic E-state index is -3.48. The second-order valence-corrected chi connectivity index (χ2v) is 10.3. The molecule has 3 N–H and O–H groups in total. The van der Waals surface area contributed by atoms with Gasteiger partial charge in [-0.2, -0.15) is 0 Å². The molecule has 1 fully saturated rings. The van der Waals surface area contributed by atoms with E-state index in [0.29, 0.717) is 6.54 Å². The predicted octanol–water partition coefficient (Wildman–Crippen LogP) is 3.62. The predicted molar refractivity (Wildman–Crippen MR) is 126 cm³/mol. The molecule has 0 radical (unpaired) electrons. The van der Waals surface area contributed by atoms with Gasteiger partial charge in [-0.3, -0.25) is 4.79 Å². The molecule has 1 aliphatic heterocycles. The second-order valence-electron chi connectivity index (χ2n) is 8.62. The Bertz CT molecular complexity index is 1500. The number of sulfonamides is 1. The van der Waals surface area contributed by atoms with Gasteiger partial charge < -0.3 is 10.3 Å². The molecule has 1 saturated carbocycles. The number of aromatic amines is 1. The van der Waals surface area contributed by atoms with Crippen molar-refractivity contribution >= 4 is 27.0 Å². The Morgan fingerprint density at radius 3 is 2.52 bits per heavy atom. The van der Waals surface area contributed by atoms with Crippen LogP contribution in [0.4, 0.5) is 0 Å². The highest BCUT2D eigenvalue weighted by Gasteiger charge is 2.28. The molecule has 0 atom stereocenters. The lowest BCUT2D eigenvalue weighted by Crippen LogP contribution is -2.31. The number of nitrogens with zero attached hydrogens (tertiary/aromatic N) is 1. The van der Waals surface area contributed by atoms with E-state index < -0.39 is 10.0 Å². The molecule has 7 nitrogen and oxygen atoms in total. The molecule has 2 aromatic carbocycles. The number of H-pyrrole nitrogens is 1. The summed E-state index contributed by atoms with van der Waals surface area (Å²) in [4.78, 5) is 20.1. The number of benzene rings is 2. The molecule has 0 unspecified atom stereocenters. The molecule has 3 heterocycles. The van der Waals surface area contributed by atoms with Crippen molar-refractivity contribution in [3.63, 3.8) is 0 Å². The van der Waals surface area contributed by atoms with Crippen LogP contribution < -0.4 is 10.0 Å². The average Bonchev–Trinajstić information content (AvgIpc) is 3.53. The van der Waals surface area contributed by atoms with Crippen LogP contribution in [0.5, 0.6) is 0 Å². The smallest absolute Gasteiger partial charge is 0.251 e. The first kappa shape index (κ1) is 20.1. The first-order valence-corrected chi connectivity index (χ1v) is 12.5. The number of carbonyl (C=O) groups excluding carboxylic acids is 1. The summed E-state index contributed by atoms with van der Waals surface area (Å²) >= 11 is 0. The molecular weight excluding hydrogens is 436 g/mol. The summed E-state index contributed by atoms with van der Waals surface area (Å²) in [5.41, 5.74) is 6.39. The fourth-order valence-corrected chi connectivity index (χ4v) is 5.62. The molecule has 33 heavy (non-hydrogen) atoms. The van der Waals surface area contributed by atoms with Crippen LogP contribution in [0.2, 0.25) is 0 Å². The van der Waals surface area contributed by atoms with Crippen molar-refractivity contribution in [3.8, 4) is 22.3 Å². The highest BCUT2D eigenvalue weighted by molar-refractivity contribution is 7.89. The fraction of sp³-hybridized carbons (Fsp3) is 0.200. The molecule has 0 bridgehead atoms. The van der Waals surface area contributed by atoms with E-state index in [-0.39, 0.29) is 16.8 Å². The maximum Gasteiger partial charge on any atom is 0.251 e. The van der Waals surface area contributed by atoms with E-state index in [1.54, 1.807) is 18.3 Å². The van der Waals surface area contributed by atoms with Crippen molar-refractivity contribution in [2.24, 2.45) is 0 Å². The zero-order valence-electron chi connectivity index (χ0n) is 17.8. The van der Waals surface area contributed by atoms with E-state index in [9.17, 15) is 13.2 Å². The minimum Gasteiger partial charge on any atom is -0.352 e. The summed E-state index contributed by atoms with van der Waals surface area (Å²) in [6, 6.07) is 15.0. The van der Waals surface area contributed by atoms with Crippen molar-refractivity contribution in [2.75, 3.05) is 6.54 Å². The number of nitrogens with one attached hydrogen (secondary N) is 3. The summed E-state index contributed by atoms with van der Waals surface area (Å²) in [7, 11) is -3.48. The SMILES string of the molecule is O=C1NCCc2cc(-c3c[nH]c4ncc(-c5ccc(S(=O)(=O)NC6CC6)cc5)cc34)ccc21. The summed E-state index contributed by atoms with van der Waals surface area (Å²) in [5.74, 6) is -0.0246. The van der Waals surface area contributed by atoms with E-state index in [2.05, 4.69) is 32.1 Å². The van der Waals surface area contributed by atoms with Crippen LogP contribution in [0.3, 0.4) is 0 Å². The lowest BCUT2D eigenvalue weighted by atomic mass is 9.94. The van der Waals surface area contributed by atoms with E-state index in [0.717, 1.165) is 63.7 Å². The number of fused-ring (bicyclic) bond motifs is 2. The summed E-state index contributed by atoms with van der Waals surface area (Å²) in [6.45, 7) is 0.650. The number of carbonyl (C=O) groups is 1. The van der Waals surface area contributed by atoms with Crippen molar-refractivity contribution < 1.29 is 13.2 Å². The third kappa shape index (κ3) is 3.71. The van der Waals surface area contributed by atoms with Crippen LogP contribution in [0.1, 0.15) is 28.8 Å². The van der Waals surface area contributed by atoms with Gasteiger partial charge in [-0.05, 0) is 60.2 Å². The zero-order valence-corrected chi connectivity index (χ0v) is 18.6. The molecule has 1 amide bonds. The standard InChI is InChI=1S/C25H22N4O3S/c30-25-21-8-3-16(11-17(21)9-10-26-25)23-14-28-24-22(23)12-18(13-27-24)15-1-6-20(7-2-15)33(31,32)29-19-4-5-19/h1-3,6-8,11-14,19,29H,4-5,9-10H2,(H,26,30)(H,27,28). The molecule has 0 saturated heterocycles. The largest absolute Gasteiger partial charge is 0.352 e. The number of hydrogen-bond donors (Lipinski definition) is 3. The monoisotopic (exact) mass is 458 g/mol. The van der Waals surface area contributed by atoms with Gasteiger partial charge in [0.1, 0.15) is 5.65 Å². The summed E-state index contributed by atoms with van der Waals surface area (Å²) in [6.07, 6.45) is 6.33. The molecule has 2 aliphatic rings. The Morgan fingerprint density at radius 2 is 1.73 bits per heavy atom. The van der Waals surface area contributed by atoms with Crippen LogP contribution in [-0.2, 0) is 16.4 Å². The molecular formula is C25H22N4O3S. The third-order valence-electron chi connectivity index (χ3n) is 6.27. The highest BCUT2D eigenvalue weighted by Crippen LogP contribution is 2.33. The van der Waals surface area contributed by atoms with Gasteiger partial charge in [0.05, 0.1) is 4.90 Å². The van der Waals surface area contributed by atoms with Crippen molar-refractivity contribution in [1.29, 1.82) is 0 Å². The minimum absolute atomic E-state index is 0.0246. The number of pyridine rings is 1. The maximum atomic E-state index is 12.4. The van der Waals surface area contributed by atoms with Crippen LogP contribution in [0.25, 0.3) is 33.3 Å². The van der Waals surface area contributed by atoms with E-state index >= 15 is 0 Å². The highest BCUT2D eigenvalue weighted by atomic mass is 32.2. The van der Waals surface area contributed by atoms with E-state index in [4.69, 9.17) is 0 Å². The molecule has 4 aromatic rings. The Kier molecular flexibility index (Phi) is 4.60. The van der Waals surface area contributed by atoms with Gasteiger partial charge in [0.2, 0.25) is 10.0 Å². The normalized spacial score (nSPS) is 15.9. The molecule has 1 aliphatic carbocycles. The molecule has 0 spiro atoms. The number of amides is 1. The number of rotatable bonds is 5. The molecule has 6 rings (SSSR count). The fourth-order valence-electron chi connectivity index (χ4n) is 4.31. The first-order chi connectivity index (χ1) is 16.0. The van der Waals surface area contributed by atoms with Crippen molar-refractivity contribution in [3.05, 3.63) is 72.1 Å². The van der Waals surface area contributed by atoms with Gasteiger partial charge in [-0.25, -0.2) is 18.1 Å². The van der Waals surface area contributed by atoms with Gasteiger partial charge in [0, 0.05) is 47.1 Å². The van der Waals surface area contributed by atoms with Crippen LogP contribution in [0, 0.1) is 0 Å². The van der Waals surface area contributed by atoms with Gasteiger partial charge in [-0.15, -0.1) is 0 Å². The van der Waals surface area contributed by atoms with Crippen molar-refractivity contribution in [1.82, 2.24) is 20.0 Å². The summed E-state index contributed by atoms with van der Waals surface area (Å²) < 4.78 is 27.6. The first-order valence-electron chi connectivity index (χ1n) is 11.0. The van der Waals surface area contributed by atoms with E-state index in [1.807, 2.05) is 30.5 Å². The summed E-state index contributed by atoms with van der Waals surface area (Å²) in [5, 5.41) is 3.85. The molecule has 166 valence electrons. The van der Waals surface area contributed by atoms with Crippen molar-refractivity contribution in [2.45, 2.75) is 30.2 Å². The zero-order chi connectivity index (χ0) is 22.6. The topological polar surface area (TPSA) is 104 Å². The lowest BCUT2D eigenvalue weighted by molar-refractivity contribution is 0.0946. The third-order valence-corrected chi connectivity index (χ3v) is 7.81. The Balaban J connectivity index is 1.35. The quantitative estimate of drug-likeness (QED) is 0.425. The second kappa shape index (κ2) is 7.54. The van der Waals surface area contributed by atoms with Gasteiger partial charge in [0.25, 0.3) is 5.91 Å². The van der Waals surface area contributed by atoms with Crippen LogP contribution >= 0.6 is 0 Å². The van der Waals surface area contributed by atoms with E-state index in [1.165, 1.54) is 0 Å². The molecule has 2 aromatic heterocycles. The van der Waals surface area contributed by atoms with Gasteiger partial charge in [-0.1, -0.05) is 24.3 Å². The maximum absolute atomic E-state index is 12.4. The van der Waals surface area contributed by atoms with Gasteiger partial charge >= 0.3 is 0 Å². The Hall–Kier alpha value is -3.49.